The number of amides is 1. The van der Waals surface area contributed by atoms with Crippen LogP contribution in [0.2, 0.25) is 5.02 Å². The van der Waals surface area contributed by atoms with Crippen LogP contribution in [0.5, 0.6) is 0 Å². The Bertz CT molecular complexity index is 656. The van der Waals surface area contributed by atoms with Crippen molar-refractivity contribution in [2.45, 2.75) is 64.3 Å². The van der Waals surface area contributed by atoms with Crippen molar-refractivity contribution >= 4 is 17.5 Å². The molecule has 27 heavy (non-hydrogen) atoms. The van der Waals surface area contributed by atoms with Crippen molar-refractivity contribution in [3.8, 4) is 0 Å². The van der Waals surface area contributed by atoms with Gasteiger partial charge in [0.2, 0.25) is 5.91 Å². The molecular weight excluding hydrogens is 362 g/mol. The van der Waals surface area contributed by atoms with Crippen LogP contribution in [0.3, 0.4) is 0 Å². The van der Waals surface area contributed by atoms with Crippen LogP contribution in [0.4, 0.5) is 0 Å². The minimum Gasteiger partial charge on any atom is -0.378 e. The van der Waals surface area contributed by atoms with Gasteiger partial charge in [-0.3, -0.25) is 9.69 Å². The van der Waals surface area contributed by atoms with Gasteiger partial charge < -0.3 is 15.8 Å². The number of carbonyl (C=O) groups is 1. The van der Waals surface area contributed by atoms with Crippen LogP contribution in [-0.4, -0.2) is 48.2 Å². The SMILES string of the molecule is CCOC1CC(N)(C(=O)NC2CCN(Cc3ccc(Cl)cc3)CC2)C1(C)C. The topological polar surface area (TPSA) is 67.6 Å². The maximum absolute atomic E-state index is 12.9. The normalized spacial score (nSPS) is 28.6. The number of nitrogens with one attached hydrogen (secondary N) is 1. The van der Waals surface area contributed by atoms with Crippen molar-refractivity contribution < 1.29 is 9.53 Å². The number of nitrogens with two attached hydrogens (primary N) is 1. The first-order valence-electron chi connectivity index (χ1n) is 9.94. The molecule has 0 bridgehead atoms. The molecule has 0 radical (unpaired) electrons. The van der Waals surface area contributed by atoms with Crippen LogP contribution < -0.4 is 11.1 Å². The fraction of sp³-hybridized carbons (Fsp3) is 0.667. The average Bonchev–Trinajstić information content (AvgIpc) is 2.64. The van der Waals surface area contributed by atoms with Gasteiger partial charge in [0, 0.05) is 49.1 Å². The zero-order valence-electron chi connectivity index (χ0n) is 16.6. The molecule has 1 heterocycles. The van der Waals surface area contributed by atoms with Crippen molar-refractivity contribution in [1.29, 1.82) is 0 Å². The van der Waals surface area contributed by atoms with E-state index in [0.717, 1.165) is 37.5 Å². The summed E-state index contributed by atoms with van der Waals surface area (Å²) < 4.78 is 5.73. The lowest BCUT2D eigenvalue weighted by Gasteiger charge is -2.57. The standard InChI is InChI=1S/C21H32ClN3O2/c1-4-27-18-13-21(23,20(18,2)3)19(26)24-17-9-11-25(12-10-17)14-15-5-7-16(22)8-6-15/h5-8,17-18H,4,9-14,23H2,1-3H3,(H,24,26). The van der Waals surface area contributed by atoms with Crippen molar-refractivity contribution in [2.24, 2.45) is 11.1 Å². The Morgan fingerprint density at radius 2 is 1.93 bits per heavy atom. The highest BCUT2D eigenvalue weighted by molar-refractivity contribution is 6.30. The monoisotopic (exact) mass is 393 g/mol. The molecule has 3 rings (SSSR count). The summed E-state index contributed by atoms with van der Waals surface area (Å²) in [5, 5.41) is 3.97. The number of carbonyl (C=O) groups excluding carboxylic acids is 1. The predicted octanol–water partition coefficient (Wildman–Crippen LogP) is 2.95. The number of nitrogens with zero attached hydrogens (tertiary/aromatic N) is 1. The van der Waals surface area contributed by atoms with Crippen molar-refractivity contribution in [3.63, 3.8) is 0 Å². The molecule has 2 unspecified atom stereocenters. The van der Waals surface area contributed by atoms with Gasteiger partial charge in [0.15, 0.2) is 0 Å². The average molecular weight is 394 g/mol. The van der Waals surface area contributed by atoms with E-state index in [1.165, 1.54) is 5.56 Å². The Morgan fingerprint density at radius 1 is 1.30 bits per heavy atom. The maximum Gasteiger partial charge on any atom is 0.241 e. The second-order valence-electron chi connectivity index (χ2n) is 8.49. The third-order valence-electron chi connectivity index (χ3n) is 6.48. The van der Waals surface area contributed by atoms with Gasteiger partial charge in [-0.2, -0.15) is 0 Å². The Kier molecular flexibility index (Phi) is 6.16. The first-order chi connectivity index (χ1) is 12.8. The zero-order chi connectivity index (χ0) is 19.7. The number of ether oxygens (including phenoxy) is 1. The van der Waals surface area contributed by atoms with Gasteiger partial charge in [0.1, 0.15) is 5.54 Å². The Balaban J connectivity index is 1.48. The van der Waals surface area contributed by atoms with Gasteiger partial charge in [0.25, 0.3) is 0 Å². The molecular formula is C21H32ClN3O2. The Labute approximate surface area is 167 Å². The molecule has 150 valence electrons. The summed E-state index contributed by atoms with van der Waals surface area (Å²) in [5.41, 5.74) is 6.57. The van der Waals surface area contributed by atoms with Crippen molar-refractivity contribution in [2.75, 3.05) is 19.7 Å². The lowest BCUT2D eigenvalue weighted by atomic mass is 9.54. The van der Waals surface area contributed by atoms with Crippen LogP contribution in [0.25, 0.3) is 0 Å². The predicted molar refractivity (Wildman–Crippen MR) is 109 cm³/mol. The van der Waals surface area contributed by atoms with Gasteiger partial charge in [-0.05, 0) is 37.5 Å². The van der Waals surface area contributed by atoms with E-state index in [9.17, 15) is 4.79 Å². The second-order valence-corrected chi connectivity index (χ2v) is 8.93. The number of hydrogen-bond donors (Lipinski definition) is 2. The molecule has 6 heteroatoms. The summed E-state index contributed by atoms with van der Waals surface area (Å²) in [6.07, 6.45) is 2.55. The number of rotatable bonds is 6. The molecule has 2 aliphatic rings. The van der Waals surface area contributed by atoms with Crippen molar-refractivity contribution in [1.82, 2.24) is 10.2 Å². The molecule has 3 N–H and O–H groups in total. The highest BCUT2D eigenvalue weighted by Gasteiger charge is 2.63. The molecule has 5 nitrogen and oxygen atoms in total. The molecule has 1 aromatic carbocycles. The molecule has 2 fully saturated rings. The summed E-state index contributed by atoms with van der Waals surface area (Å²) in [4.78, 5) is 15.3. The lowest BCUT2D eigenvalue weighted by Crippen LogP contribution is -2.76. The number of halogens is 1. The molecule has 1 aliphatic heterocycles. The summed E-state index contributed by atoms with van der Waals surface area (Å²) in [6, 6.07) is 8.20. The highest BCUT2D eigenvalue weighted by Crippen LogP contribution is 2.49. The minimum absolute atomic E-state index is 0.0281. The van der Waals surface area contributed by atoms with Crippen LogP contribution in [0.15, 0.2) is 24.3 Å². The fourth-order valence-electron chi connectivity index (χ4n) is 4.22. The Hall–Kier alpha value is -1.14. The van der Waals surface area contributed by atoms with E-state index >= 15 is 0 Å². The van der Waals surface area contributed by atoms with Gasteiger partial charge in [-0.1, -0.05) is 37.6 Å². The van der Waals surface area contributed by atoms with Crippen LogP contribution >= 0.6 is 11.6 Å². The Morgan fingerprint density at radius 3 is 2.48 bits per heavy atom. The van der Waals surface area contributed by atoms with Crippen LogP contribution in [0.1, 0.15) is 45.6 Å². The summed E-state index contributed by atoms with van der Waals surface area (Å²) in [7, 11) is 0. The zero-order valence-corrected chi connectivity index (χ0v) is 17.4. The molecule has 1 saturated heterocycles. The van der Waals surface area contributed by atoms with E-state index in [1.54, 1.807) is 0 Å². The first kappa shape index (κ1) is 20.6. The molecule has 0 aromatic heterocycles. The third-order valence-corrected chi connectivity index (χ3v) is 6.73. The minimum atomic E-state index is -0.840. The van der Waals surface area contributed by atoms with Crippen LogP contribution in [0, 0.1) is 5.41 Å². The fourth-order valence-corrected chi connectivity index (χ4v) is 4.34. The number of hydrogen-bond acceptors (Lipinski definition) is 4. The quantitative estimate of drug-likeness (QED) is 0.779. The number of piperidine rings is 1. The lowest BCUT2D eigenvalue weighted by molar-refractivity contribution is -0.171. The summed E-state index contributed by atoms with van der Waals surface area (Å²) >= 11 is 5.95. The van der Waals surface area contributed by atoms with Gasteiger partial charge in [-0.15, -0.1) is 0 Å². The van der Waals surface area contributed by atoms with E-state index in [1.807, 2.05) is 32.9 Å². The van der Waals surface area contributed by atoms with E-state index in [2.05, 4.69) is 22.3 Å². The summed E-state index contributed by atoms with van der Waals surface area (Å²) in [5.74, 6) is -0.0281. The largest absolute Gasteiger partial charge is 0.378 e. The molecule has 1 saturated carbocycles. The molecule has 1 aliphatic carbocycles. The molecule has 2 atom stereocenters. The smallest absolute Gasteiger partial charge is 0.241 e. The van der Waals surface area contributed by atoms with Gasteiger partial charge >= 0.3 is 0 Å². The van der Waals surface area contributed by atoms with Gasteiger partial charge in [-0.25, -0.2) is 0 Å². The van der Waals surface area contributed by atoms with Crippen LogP contribution in [-0.2, 0) is 16.1 Å². The van der Waals surface area contributed by atoms with E-state index in [4.69, 9.17) is 22.1 Å². The first-order valence-corrected chi connectivity index (χ1v) is 10.3. The number of likely N-dealkylation sites (tertiary alicyclic amines) is 1. The summed E-state index contributed by atoms with van der Waals surface area (Å²) in [6.45, 7) is 9.55. The maximum atomic E-state index is 12.9. The van der Waals surface area contributed by atoms with Crippen molar-refractivity contribution in [3.05, 3.63) is 34.9 Å². The molecule has 1 aromatic rings. The molecule has 0 spiro atoms. The van der Waals surface area contributed by atoms with Gasteiger partial charge in [0.05, 0.1) is 6.10 Å². The third kappa shape index (κ3) is 4.16. The second kappa shape index (κ2) is 8.08. The van der Waals surface area contributed by atoms with E-state index < -0.39 is 5.54 Å². The molecule has 1 amide bonds. The van der Waals surface area contributed by atoms with E-state index in [-0.39, 0.29) is 23.5 Å². The van der Waals surface area contributed by atoms with E-state index in [0.29, 0.717) is 13.0 Å². The number of benzene rings is 1. The highest BCUT2D eigenvalue weighted by atomic mass is 35.5.